The first-order valence-electron chi connectivity index (χ1n) is 8.54. The summed E-state index contributed by atoms with van der Waals surface area (Å²) in [7, 11) is 0. The van der Waals surface area contributed by atoms with Crippen LogP contribution >= 0.6 is 0 Å². The van der Waals surface area contributed by atoms with Crippen LogP contribution in [0.25, 0.3) is 16.5 Å². The van der Waals surface area contributed by atoms with Crippen LogP contribution < -0.4 is 15.5 Å². The van der Waals surface area contributed by atoms with Gasteiger partial charge in [-0.15, -0.1) is 0 Å². The van der Waals surface area contributed by atoms with Crippen molar-refractivity contribution in [3.63, 3.8) is 0 Å². The fraction of sp³-hybridized carbons (Fsp3) is 0.316. The van der Waals surface area contributed by atoms with Crippen molar-refractivity contribution < 1.29 is 9.59 Å². The van der Waals surface area contributed by atoms with Crippen LogP contribution in [0.3, 0.4) is 0 Å². The lowest BCUT2D eigenvalue weighted by atomic mass is 9.93. The Morgan fingerprint density at radius 2 is 2.08 bits per heavy atom. The highest BCUT2D eigenvalue weighted by molar-refractivity contribution is 6.06. The van der Waals surface area contributed by atoms with Crippen LogP contribution in [0, 0.1) is 6.92 Å². The Balaban J connectivity index is 1.76. The number of benzene rings is 1. The molecule has 3 amide bonds. The molecule has 0 aliphatic carbocycles. The molecule has 0 radical (unpaired) electrons. The first kappa shape index (κ1) is 15.8. The molecule has 0 atom stereocenters. The monoisotopic (exact) mass is 336 g/mol. The minimum atomic E-state index is -0.382. The predicted molar refractivity (Wildman–Crippen MR) is 97.4 cm³/mol. The number of aromatic nitrogens is 1. The number of nitrogens with one attached hydrogen (secondary N) is 2. The Morgan fingerprint density at radius 3 is 2.84 bits per heavy atom. The van der Waals surface area contributed by atoms with E-state index in [-0.39, 0.29) is 11.9 Å². The lowest BCUT2D eigenvalue weighted by Gasteiger charge is -2.26. The largest absolute Gasteiger partial charge is 0.328 e. The minimum absolute atomic E-state index is 0.230. The first-order valence-corrected chi connectivity index (χ1v) is 8.54. The number of hydrogen-bond acceptors (Lipinski definition) is 4. The molecule has 0 bridgehead atoms. The quantitative estimate of drug-likeness (QED) is 0.883. The molecule has 2 aromatic rings. The van der Waals surface area contributed by atoms with Gasteiger partial charge in [0.1, 0.15) is 0 Å². The molecule has 1 aromatic carbocycles. The van der Waals surface area contributed by atoms with Crippen molar-refractivity contribution in [2.24, 2.45) is 0 Å². The molecule has 0 saturated carbocycles. The highest BCUT2D eigenvalue weighted by atomic mass is 16.2. The molecule has 2 N–H and O–H groups in total. The number of pyridine rings is 1. The Kier molecular flexibility index (Phi) is 3.97. The van der Waals surface area contributed by atoms with Gasteiger partial charge in [0.05, 0.1) is 17.4 Å². The van der Waals surface area contributed by atoms with Crippen LogP contribution in [-0.4, -0.2) is 36.6 Å². The zero-order valence-corrected chi connectivity index (χ0v) is 14.1. The maximum Gasteiger partial charge on any atom is 0.328 e. The van der Waals surface area contributed by atoms with Gasteiger partial charge in [-0.05, 0) is 48.7 Å². The van der Waals surface area contributed by atoms with Crippen LogP contribution in [0.1, 0.15) is 24.0 Å². The number of urea groups is 1. The topological polar surface area (TPSA) is 74.3 Å². The van der Waals surface area contributed by atoms with Gasteiger partial charge in [-0.25, -0.2) is 4.79 Å². The first-order chi connectivity index (χ1) is 12.1. The number of fused-ring (bicyclic) bond motifs is 1. The van der Waals surface area contributed by atoms with Crippen LogP contribution in [0.2, 0.25) is 0 Å². The van der Waals surface area contributed by atoms with E-state index in [4.69, 9.17) is 0 Å². The number of anilines is 1. The van der Waals surface area contributed by atoms with Gasteiger partial charge in [0.2, 0.25) is 5.91 Å². The lowest BCUT2D eigenvalue weighted by molar-refractivity contribution is -0.120. The summed E-state index contributed by atoms with van der Waals surface area (Å²) >= 11 is 0. The van der Waals surface area contributed by atoms with E-state index in [0.717, 1.165) is 36.1 Å². The molecule has 2 aliphatic rings. The third-order valence-electron chi connectivity index (χ3n) is 4.90. The Hall–Kier alpha value is -2.73. The molecule has 0 spiro atoms. The third-order valence-corrected chi connectivity index (χ3v) is 4.90. The second-order valence-electron chi connectivity index (χ2n) is 6.44. The molecule has 1 fully saturated rings. The number of aryl methyl sites for hydroxylation is 1. The van der Waals surface area contributed by atoms with Crippen molar-refractivity contribution in [2.45, 2.75) is 19.8 Å². The maximum absolute atomic E-state index is 12.1. The van der Waals surface area contributed by atoms with Crippen LogP contribution in [0.4, 0.5) is 10.5 Å². The van der Waals surface area contributed by atoms with E-state index in [2.05, 4.69) is 34.7 Å². The van der Waals surface area contributed by atoms with Crippen molar-refractivity contribution in [3.8, 4) is 0 Å². The summed E-state index contributed by atoms with van der Waals surface area (Å²) in [5, 5.41) is 6.73. The summed E-state index contributed by atoms with van der Waals surface area (Å²) in [4.78, 5) is 29.5. The molecule has 6 heteroatoms. The summed E-state index contributed by atoms with van der Waals surface area (Å²) in [5.41, 5.74) is 5.40. The number of imide groups is 1. The van der Waals surface area contributed by atoms with E-state index in [0.29, 0.717) is 13.0 Å². The SMILES string of the molecule is Cc1c(C2=CCNCC2)ccc2ncc(N3CCC(=O)NC3=O)cc12. The summed E-state index contributed by atoms with van der Waals surface area (Å²) in [6, 6.07) is 5.78. The van der Waals surface area contributed by atoms with E-state index in [9.17, 15) is 9.59 Å². The zero-order chi connectivity index (χ0) is 17.4. The van der Waals surface area contributed by atoms with E-state index in [1.807, 2.05) is 12.1 Å². The summed E-state index contributed by atoms with van der Waals surface area (Å²) < 4.78 is 0. The van der Waals surface area contributed by atoms with Gasteiger partial charge < -0.3 is 5.32 Å². The number of rotatable bonds is 2. The Morgan fingerprint density at radius 1 is 1.20 bits per heavy atom. The van der Waals surface area contributed by atoms with Crippen LogP contribution in [0.15, 0.2) is 30.5 Å². The Bertz CT molecular complexity index is 904. The average Bonchev–Trinajstić information content (AvgIpc) is 2.63. The molecular formula is C19H20N4O2. The Labute approximate surface area is 145 Å². The van der Waals surface area contributed by atoms with E-state index < -0.39 is 0 Å². The van der Waals surface area contributed by atoms with Crippen molar-refractivity contribution in [1.29, 1.82) is 0 Å². The minimum Gasteiger partial charge on any atom is -0.313 e. The normalized spacial score (nSPS) is 18.3. The highest BCUT2D eigenvalue weighted by Crippen LogP contribution is 2.30. The maximum atomic E-state index is 12.1. The molecule has 25 heavy (non-hydrogen) atoms. The number of amides is 3. The summed E-state index contributed by atoms with van der Waals surface area (Å²) in [5.74, 6) is -0.230. The number of carbonyl (C=O) groups is 2. The van der Waals surface area contributed by atoms with Gasteiger partial charge in [0.25, 0.3) is 0 Å². The number of nitrogens with zero attached hydrogens (tertiary/aromatic N) is 2. The van der Waals surface area contributed by atoms with Gasteiger partial charge in [-0.2, -0.15) is 0 Å². The fourth-order valence-electron chi connectivity index (χ4n) is 3.50. The van der Waals surface area contributed by atoms with Crippen LogP contribution in [0.5, 0.6) is 0 Å². The van der Waals surface area contributed by atoms with Gasteiger partial charge in [-0.3, -0.25) is 20.0 Å². The predicted octanol–water partition coefficient (Wildman–Crippen LogP) is 2.37. The molecule has 3 heterocycles. The van der Waals surface area contributed by atoms with Crippen LogP contribution in [-0.2, 0) is 4.79 Å². The summed E-state index contributed by atoms with van der Waals surface area (Å²) in [6.45, 7) is 4.37. The fourth-order valence-corrected chi connectivity index (χ4v) is 3.50. The number of hydrogen-bond donors (Lipinski definition) is 2. The standard InChI is InChI=1S/C19H20N4O2/c1-12-15(13-4-7-20-8-5-13)2-3-17-16(12)10-14(11-21-17)23-9-6-18(24)22-19(23)25/h2-4,10-11,20H,5-9H2,1H3,(H,22,24,25). The van der Waals surface area contributed by atoms with Gasteiger partial charge in [0.15, 0.2) is 0 Å². The second-order valence-corrected chi connectivity index (χ2v) is 6.44. The lowest BCUT2D eigenvalue weighted by Crippen LogP contribution is -2.49. The third kappa shape index (κ3) is 2.89. The average molecular weight is 336 g/mol. The molecule has 4 rings (SSSR count). The molecule has 0 unspecified atom stereocenters. The smallest absolute Gasteiger partial charge is 0.313 e. The summed E-state index contributed by atoms with van der Waals surface area (Å²) in [6.07, 6.45) is 5.25. The van der Waals surface area contributed by atoms with Gasteiger partial charge in [-0.1, -0.05) is 12.1 Å². The van der Waals surface area contributed by atoms with E-state index >= 15 is 0 Å². The number of carbonyl (C=O) groups excluding carboxylic acids is 2. The molecule has 6 nitrogen and oxygen atoms in total. The van der Waals surface area contributed by atoms with Gasteiger partial charge >= 0.3 is 6.03 Å². The molecule has 1 saturated heterocycles. The molecule has 128 valence electrons. The van der Waals surface area contributed by atoms with Gasteiger partial charge in [0, 0.05) is 24.9 Å². The van der Waals surface area contributed by atoms with Crippen molar-refractivity contribution >= 4 is 34.1 Å². The second kappa shape index (κ2) is 6.29. The molecular weight excluding hydrogens is 316 g/mol. The van der Waals surface area contributed by atoms with Crippen molar-refractivity contribution in [3.05, 3.63) is 41.6 Å². The van der Waals surface area contributed by atoms with Crippen molar-refractivity contribution in [2.75, 3.05) is 24.5 Å². The van der Waals surface area contributed by atoms with E-state index in [1.54, 1.807) is 11.1 Å². The highest BCUT2D eigenvalue weighted by Gasteiger charge is 2.24. The molecule has 2 aliphatic heterocycles. The van der Waals surface area contributed by atoms with Crippen molar-refractivity contribution in [1.82, 2.24) is 15.6 Å². The zero-order valence-electron chi connectivity index (χ0n) is 14.1. The van der Waals surface area contributed by atoms with E-state index in [1.165, 1.54) is 16.7 Å². The molecule has 1 aromatic heterocycles.